The molecule has 106 valence electrons. The van der Waals surface area contributed by atoms with E-state index in [9.17, 15) is 4.79 Å². The van der Waals surface area contributed by atoms with Gasteiger partial charge in [0.1, 0.15) is 5.75 Å². The lowest BCUT2D eigenvalue weighted by Gasteiger charge is -2.18. The van der Waals surface area contributed by atoms with Gasteiger partial charge in [-0.05, 0) is 42.5 Å². The predicted molar refractivity (Wildman–Crippen MR) is 81.3 cm³/mol. The number of carbonyl (C=O) groups excluding carboxylic acids is 1. The molecule has 2 N–H and O–H groups in total. The van der Waals surface area contributed by atoms with Gasteiger partial charge in [0.25, 0.3) is 5.91 Å². The number of nitrogen functional groups attached to an aromatic ring is 1. The predicted octanol–water partition coefficient (Wildman–Crippen LogP) is 2.43. The van der Waals surface area contributed by atoms with Crippen molar-refractivity contribution >= 4 is 17.3 Å². The van der Waals surface area contributed by atoms with E-state index < -0.39 is 0 Å². The molecule has 0 bridgehead atoms. The van der Waals surface area contributed by atoms with Crippen LogP contribution in [0.4, 0.5) is 11.4 Å². The highest BCUT2D eigenvalue weighted by Crippen LogP contribution is 2.24. The second-order valence-corrected chi connectivity index (χ2v) is 4.48. The van der Waals surface area contributed by atoms with Crippen molar-refractivity contribution in [3.05, 3.63) is 53.6 Å². The molecule has 0 aliphatic heterocycles. The monoisotopic (exact) mass is 281 g/mol. The molecule has 0 saturated carbocycles. The fraction of sp³-hybridized carbons (Fsp3) is 0.125. The van der Waals surface area contributed by atoms with Gasteiger partial charge in [0.2, 0.25) is 0 Å². The van der Waals surface area contributed by atoms with Gasteiger partial charge >= 0.3 is 0 Å². The molecular formula is C16H15N3O2. The zero-order chi connectivity index (χ0) is 15.4. The number of nitrogens with two attached hydrogens (primary N) is 1. The fourth-order valence-electron chi connectivity index (χ4n) is 1.94. The summed E-state index contributed by atoms with van der Waals surface area (Å²) in [4.78, 5) is 13.9. The van der Waals surface area contributed by atoms with Gasteiger partial charge in [-0.2, -0.15) is 5.26 Å². The lowest BCUT2D eigenvalue weighted by atomic mass is 10.1. The van der Waals surface area contributed by atoms with Crippen LogP contribution in [0.25, 0.3) is 0 Å². The molecule has 0 spiro atoms. The van der Waals surface area contributed by atoms with Crippen LogP contribution in [-0.4, -0.2) is 20.1 Å². The molecule has 0 aliphatic rings. The first-order valence-electron chi connectivity index (χ1n) is 6.28. The van der Waals surface area contributed by atoms with Gasteiger partial charge in [-0.15, -0.1) is 0 Å². The van der Waals surface area contributed by atoms with E-state index in [2.05, 4.69) is 0 Å². The van der Waals surface area contributed by atoms with E-state index in [1.807, 2.05) is 6.07 Å². The molecule has 1 amide bonds. The van der Waals surface area contributed by atoms with Crippen LogP contribution in [0.15, 0.2) is 42.5 Å². The Bertz CT molecular complexity index is 702. The van der Waals surface area contributed by atoms with Crippen molar-refractivity contribution < 1.29 is 9.53 Å². The van der Waals surface area contributed by atoms with Crippen LogP contribution >= 0.6 is 0 Å². The lowest BCUT2D eigenvalue weighted by molar-refractivity contribution is 0.0993. The van der Waals surface area contributed by atoms with Gasteiger partial charge in [0.05, 0.1) is 24.4 Å². The summed E-state index contributed by atoms with van der Waals surface area (Å²) in [5, 5.41) is 8.78. The minimum atomic E-state index is -0.186. The minimum Gasteiger partial charge on any atom is -0.495 e. The molecule has 5 heteroatoms. The molecule has 21 heavy (non-hydrogen) atoms. The molecule has 2 aromatic rings. The molecule has 2 rings (SSSR count). The summed E-state index contributed by atoms with van der Waals surface area (Å²) in [6.07, 6.45) is 0. The summed E-state index contributed by atoms with van der Waals surface area (Å²) >= 11 is 0. The highest BCUT2D eigenvalue weighted by molar-refractivity contribution is 6.06. The van der Waals surface area contributed by atoms with Crippen LogP contribution in [0, 0.1) is 11.3 Å². The Labute approximate surface area is 123 Å². The molecule has 0 heterocycles. The second-order valence-electron chi connectivity index (χ2n) is 4.48. The van der Waals surface area contributed by atoms with Crippen molar-refractivity contribution in [1.82, 2.24) is 0 Å². The number of hydrogen-bond acceptors (Lipinski definition) is 4. The van der Waals surface area contributed by atoms with Crippen LogP contribution in [-0.2, 0) is 0 Å². The van der Waals surface area contributed by atoms with Crippen molar-refractivity contribution in [1.29, 1.82) is 5.26 Å². The average Bonchev–Trinajstić information content (AvgIpc) is 2.53. The standard InChI is InChI=1S/C16H15N3O2/c1-19(13-6-3-11(10-17)4-7-13)16(20)12-5-8-15(21-2)14(18)9-12/h3-9H,18H2,1-2H3. The Morgan fingerprint density at radius 1 is 1.24 bits per heavy atom. The lowest BCUT2D eigenvalue weighted by Crippen LogP contribution is -2.26. The number of carbonyl (C=O) groups is 1. The second kappa shape index (κ2) is 5.97. The largest absolute Gasteiger partial charge is 0.495 e. The number of hydrogen-bond donors (Lipinski definition) is 1. The summed E-state index contributed by atoms with van der Waals surface area (Å²) in [6, 6.07) is 13.7. The number of ether oxygens (including phenoxy) is 1. The summed E-state index contributed by atoms with van der Waals surface area (Å²) in [6.45, 7) is 0. The zero-order valence-electron chi connectivity index (χ0n) is 11.8. The van der Waals surface area contributed by atoms with E-state index in [-0.39, 0.29) is 5.91 Å². The maximum atomic E-state index is 12.4. The molecular weight excluding hydrogens is 266 g/mol. The molecule has 0 fully saturated rings. The highest BCUT2D eigenvalue weighted by Gasteiger charge is 2.14. The molecule has 0 atom stereocenters. The molecule has 0 aromatic heterocycles. The summed E-state index contributed by atoms with van der Waals surface area (Å²) in [7, 11) is 3.19. The Balaban J connectivity index is 2.26. The van der Waals surface area contributed by atoms with E-state index >= 15 is 0 Å². The molecule has 0 aliphatic carbocycles. The smallest absolute Gasteiger partial charge is 0.258 e. The van der Waals surface area contributed by atoms with Gasteiger partial charge in [0, 0.05) is 18.3 Å². The topological polar surface area (TPSA) is 79.3 Å². The summed E-state index contributed by atoms with van der Waals surface area (Å²) in [5.74, 6) is 0.349. The normalized spacial score (nSPS) is 9.76. The van der Waals surface area contributed by atoms with E-state index in [0.717, 1.165) is 0 Å². The van der Waals surface area contributed by atoms with Crippen LogP contribution in [0.5, 0.6) is 5.75 Å². The molecule has 0 radical (unpaired) electrons. The number of nitriles is 1. The summed E-state index contributed by atoms with van der Waals surface area (Å²) in [5.41, 5.74) is 7.95. The first-order valence-corrected chi connectivity index (χ1v) is 6.28. The van der Waals surface area contributed by atoms with Crippen LogP contribution in [0.3, 0.4) is 0 Å². The SMILES string of the molecule is COc1ccc(C(=O)N(C)c2ccc(C#N)cc2)cc1N. The van der Waals surface area contributed by atoms with E-state index in [0.29, 0.717) is 28.3 Å². The number of nitrogens with zero attached hydrogens (tertiary/aromatic N) is 2. The summed E-state index contributed by atoms with van der Waals surface area (Å²) < 4.78 is 5.07. The van der Waals surface area contributed by atoms with Crippen molar-refractivity contribution in [3.8, 4) is 11.8 Å². The first-order chi connectivity index (χ1) is 10.1. The third-order valence-corrected chi connectivity index (χ3v) is 3.16. The van der Waals surface area contributed by atoms with Gasteiger partial charge < -0.3 is 15.4 Å². The number of amides is 1. The van der Waals surface area contributed by atoms with Crippen LogP contribution < -0.4 is 15.4 Å². The van der Waals surface area contributed by atoms with E-state index in [4.69, 9.17) is 15.7 Å². The molecule has 0 unspecified atom stereocenters. The van der Waals surface area contributed by atoms with E-state index in [1.54, 1.807) is 49.5 Å². The maximum Gasteiger partial charge on any atom is 0.258 e. The van der Waals surface area contributed by atoms with Crippen LogP contribution in [0.1, 0.15) is 15.9 Å². The Hall–Kier alpha value is -3.00. The highest BCUT2D eigenvalue weighted by atomic mass is 16.5. The maximum absolute atomic E-state index is 12.4. The van der Waals surface area contributed by atoms with Crippen molar-refractivity contribution in [3.63, 3.8) is 0 Å². The van der Waals surface area contributed by atoms with E-state index in [1.165, 1.54) is 12.0 Å². The number of benzene rings is 2. The van der Waals surface area contributed by atoms with Crippen molar-refractivity contribution in [2.75, 3.05) is 24.8 Å². The molecule has 5 nitrogen and oxygen atoms in total. The van der Waals surface area contributed by atoms with Crippen LogP contribution in [0.2, 0.25) is 0 Å². The average molecular weight is 281 g/mol. The number of rotatable bonds is 3. The molecule has 2 aromatic carbocycles. The zero-order valence-corrected chi connectivity index (χ0v) is 11.8. The fourth-order valence-corrected chi connectivity index (χ4v) is 1.94. The van der Waals surface area contributed by atoms with Gasteiger partial charge in [0.15, 0.2) is 0 Å². The Morgan fingerprint density at radius 2 is 1.90 bits per heavy atom. The quantitative estimate of drug-likeness (QED) is 0.876. The third-order valence-electron chi connectivity index (χ3n) is 3.16. The van der Waals surface area contributed by atoms with Gasteiger partial charge in [-0.25, -0.2) is 0 Å². The molecule has 0 saturated heterocycles. The minimum absolute atomic E-state index is 0.186. The van der Waals surface area contributed by atoms with Gasteiger partial charge in [-0.1, -0.05) is 0 Å². The van der Waals surface area contributed by atoms with Crippen molar-refractivity contribution in [2.45, 2.75) is 0 Å². The first kappa shape index (κ1) is 14.4. The number of methoxy groups -OCH3 is 1. The third kappa shape index (κ3) is 2.95. The Morgan fingerprint density at radius 3 is 2.43 bits per heavy atom. The van der Waals surface area contributed by atoms with Gasteiger partial charge in [-0.3, -0.25) is 4.79 Å². The number of anilines is 2. The van der Waals surface area contributed by atoms with Crippen molar-refractivity contribution in [2.24, 2.45) is 0 Å². The Kier molecular flexibility index (Phi) is 4.10.